The number of aromatic nitrogens is 1. The van der Waals surface area contributed by atoms with Crippen molar-refractivity contribution in [2.75, 3.05) is 10.0 Å². The van der Waals surface area contributed by atoms with Crippen LogP contribution in [0.5, 0.6) is 0 Å². The van der Waals surface area contributed by atoms with Crippen LogP contribution in [0, 0.1) is 0 Å². The zero-order chi connectivity index (χ0) is 26.3. The van der Waals surface area contributed by atoms with Gasteiger partial charge in [0.1, 0.15) is 10.0 Å². The number of nitrogens with one attached hydrogen (secondary N) is 2. The zero-order valence-corrected chi connectivity index (χ0v) is 23.2. The molecule has 0 saturated carbocycles. The third-order valence-electron chi connectivity index (χ3n) is 6.45. The summed E-state index contributed by atoms with van der Waals surface area (Å²) in [6, 6.07) is 20.5. The number of carbonyl (C=O) groups is 1. The Morgan fingerprint density at radius 2 is 1.63 bits per heavy atom. The predicted octanol–water partition coefficient (Wildman–Crippen LogP) is 7.61. The Kier molecular flexibility index (Phi) is 6.69. The Labute approximate surface area is 233 Å². The van der Waals surface area contributed by atoms with Crippen LogP contribution in [0.3, 0.4) is 0 Å². The van der Waals surface area contributed by atoms with Crippen LogP contribution in [0.4, 0.5) is 10.7 Å². The number of rotatable bonds is 6. The molecule has 3 aromatic carbocycles. The van der Waals surface area contributed by atoms with Crippen molar-refractivity contribution in [2.45, 2.75) is 30.6 Å². The van der Waals surface area contributed by atoms with E-state index in [0.29, 0.717) is 5.02 Å². The molecular weight excluding hydrogens is 558 g/mol. The first-order chi connectivity index (χ1) is 18.4. The molecule has 6 rings (SSSR count). The van der Waals surface area contributed by atoms with Crippen molar-refractivity contribution in [3.05, 3.63) is 93.8 Å². The van der Waals surface area contributed by atoms with Gasteiger partial charge in [-0.15, -0.1) is 22.7 Å². The lowest BCUT2D eigenvalue weighted by Gasteiger charge is -2.13. The fourth-order valence-corrected chi connectivity index (χ4v) is 8.22. The van der Waals surface area contributed by atoms with Crippen molar-refractivity contribution in [2.24, 2.45) is 0 Å². The Morgan fingerprint density at radius 1 is 0.895 bits per heavy atom. The van der Waals surface area contributed by atoms with E-state index in [0.717, 1.165) is 51.5 Å². The highest BCUT2D eigenvalue weighted by molar-refractivity contribution is 7.92. The number of amides is 1. The first kappa shape index (κ1) is 25.1. The maximum Gasteiger partial charge on any atom is 0.261 e. The summed E-state index contributed by atoms with van der Waals surface area (Å²) in [5.74, 6) is -0.389. The first-order valence-electron chi connectivity index (χ1n) is 12.1. The molecule has 0 fully saturated rings. The highest BCUT2D eigenvalue weighted by Crippen LogP contribution is 2.46. The lowest BCUT2D eigenvalue weighted by Crippen LogP contribution is -2.18. The van der Waals surface area contributed by atoms with Crippen molar-refractivity contribution >= 4 is 71.1 Å². The first-order valence-corrected chi connectivity index (χ1v) is 15.6. The smallest absolute Gasteiger partial charge is 0.261 e. The molecule has 1 aliphatic carbocycles. The van der Waals surface area contributed by atoms with Gasteiger partial charge in [0.2, 0.25) is 0 Å². The predicted molar refractivity (Wildman–Crippen MR) is 156 cm³/mol. The molecule has 0 aliphatic heterocycles. The minimum absolute atomic E-state index is 0.0566. The number of nitrogens with zero attached hydrogens (tertiary/aromatic N) is 1. The highest BCUT2D eigenvalue weighted by atomic mass is 35.5. The van der Waals surface area contributed by atoms with E-state index in [1.165, 1.54) is 34.7 Å². The van der Waals surface area contributed by atoms with Gasteiger partial charge in [-0.25, -0.2) is 13.4 Å². The summed E-state index contributed by atoms with van der Waals surface area (Å²) in [5, 5.41) is 5.16. The van der Waals surface area contributed by atoms with E-state index in [1.807, 2.05) is 18.2 Å². The number of hydrogen-bond acceptors (Lipinski definition) is 6. The number of para-hydroxylation sites is 2. The molecule has 6 nitrogen and oxygen atoms in total. The molecule has 192 valence electrons. The molecule has 2 heterocycles. The molecule has 0 unspecified atom stereocenters. The third kappa shape index (κ3) is 4.82. The van der Waals surface area contributed by atoms with Crippen LogP contribution in [0.15, 0.2) is 77.7 Å². The fourth-order valence-electron chi connectivity index (χ4n) is 4.62. The quantitative estimate of drug-likeness (QED) is 0.217. The summed E-state index contributed by atoms with van der Waals surface area (Å²) in [7, 11) is -3.92. The molecule has 1 amide bonds. The van der Waals surface area contributed by atoms with E-state index in [-0.39, 0.29) is 22.1 Å². The van der Waals surface area contributed by atoms with Gasteiger partial charge < -0.3 is 5.32 Å². The molecule has 1 aliphatic rings. The molecule has 2 aromatic heterocycles. The summed E-state index contributed by atoms with van der Waals surface area (Å²) in [5.41, 5.74) is 3.60. The molecule has 0 atom stereocenters. The number of carbonyl (C=O) groups excluding carboxylic acids is 1. The van der Waals surface area contributed by atoms with Gasteiger partial charge in [-0.3, -0.25) is 9.52 Å². The van der Waals surface area contributed by atoms with Gasteiger partial charge in [0, 0.05) is 15.5 Å². The molecule has 0 spiro atoms. The van der Waals surface area contributed by atoms with Crippen molar-refractivity contribution in [3.63, 3.8) is 0 Å². The Morgan fingerprint density at radius 3 is 2.45 bits per heavy atom. The molecule has 10 heteroatoms. The van der Waals surface area contributed by atoms with E-state index >= 15 is 0 Å². The van der Waals surface area contributed by atoms with Crippen molar-refractivity contribution in [1.29, 1.82) is 0 Å². The van der Waals surface area contributed by atoms with E-state index in [9.17, 15) is 13.2 Å². The van der Waals surface area contributed by atoms with Crippen molar-refractivity contribution in [1.82, 2.24) is 4.98 Å². The fraction of sp³-hybridized carbons (Fsp3) is 0.143. The normalized spacial score (nSPS) is 13.3. The Balaban J connectivity index is 1.35. The highest BCUT2D eigenvalue weighted by Gasteiger charge is 2.26. The molecule has 38 heavy (non-hydrogen) atoms. The van der Waals surface area contributed by atoms with Crippen molar-refractivity contribution < 1.29 is 13.2 Å². The molecule has 5 aromatic rings. The maximum atomic E-state index is 13.6. The summed E-state index contributed by atoms with van der Waals surface area (Å²) < 4.78 is 29.7. The monoisotopic (exact) mass is 579 g/mol. The van der Waals surface area contributed by atoms with Gasteiger partial charge in [-0.2, -0.15) is 0 Å². The SMILES string of the molecule is O=C(Nc1sc2c(c1-c1nc3ccccc3s1)CCCC2)c1ccccc1NS(=O)(=O)c1ccc(Cl)cc1. The Hall–Kier alpha value is -3.24. The average molecular weight is 580 g/mol. The van der Waals surface area contributed by atoms with E-state index in [1.54, 1.807) is 46.9 Å². The molecule has 0 bridgehead atoms. The number of anilines is 2. The average Bonchev–Trinajstić information content (AvgIpc) is 3.49. The summed E-state index contributed by atoms with van der Waals surface area (Å²) in [6.45, 7) is 0. The number of fused-ring (bicyclic) bond motifs is 2. The Bertz CT molecular complexity index is 1740. The number of halogens is 1. The van der Waals surface area contributed by atoms with Crippen molar-refractivity contribution in [3.8, 4) is 10.6 Å². The van der Waals surface area contributed by atoms with Crippen LogP contribution in [0.1, 0.15) is 33.6 Å². The van der Waals surface area contributed by atoms with Crippen LogP contribution < -0.4 is 10.0 Å². The number of benzene rings is 3. The minimum Gasteiger partial charge on any atom is -0.313 e. The molecule has 0 saturated heterocycles. The lowest BCUT2D eigenvalue weighted by atomic mass is 9.95. The molecular formula is C28H22ClN3O3S3. The lowest BCUT2D eigenvalue weighted by molar-refractivity contribution is 0.102. The second kappa shape index (κ2) is 10.1. The van der Waals surface area contributed by atoms with E-state index in [2.05, 4.69) is 16.1 Å². The van der Waals surface area contributed by atoms with Crippen LogP contribution >= 0.6 is 34.3 Å². The van der Waals surface area contributed by atoms with E-state index in [4.69, 9.17) is 16.6 Å². The van der Waals surface area contributed by atoms with Gasteiger partial charge in [0.25, 0.3) is 15.9 Å². The van der Waals surface area contributed by atoms with Crippen LogP contribution in [-0.4, -0.2) is 19.3 Å². The number of thiophene rings is 1. The number of aryl methyl sites for hydroxylation is 1. The van der Waals surface area contributed by atoms with Gasteiger partial charge >= 0.3 is 0 Å². The van der Waals surface area contributed by atoms with Gasteiger partial charge in [0.05, 0.1) is 26.4 Å². The molecule has 2 N–H and O–H groups in total. The van der Waals surface area contributed by atoms with Crippen LogP contribution in [-0.2, 0) is 22.9 Å². The van der Waals surface area contributed by atoms with E-state index < -0.39 is 10.0 Å². The maximum absolute atomic E-state index is 13.6. The number of sulfonamides is 1. The third-order valence-corrected chi connectivity index (χ3v) is 10.3. The molecule has 0 radical (unpaired) electrons. The minimum atomic E-state index is -3.92. The standard InChI is InChI=1S/C28H22ClN3O3S3/c29-17-13-15-18(16-14-17)38(34,35)32-21-9-3-1-7-19(21)26(33)31-28-25(20-8-2-5-11-23(20)36-28)27-30-22-10-4-6-12-24(22)37-27/h1,3-4,6-7,9-10,12-16,32H,2,5,8,11H2,(H,31,33). The van der Waals surface area contributed by atoms with Crippen LogP contribution in [0.2, 0.25) is 5.02 Å². The van der Waals surface area contributed by atoms with Gasteiger partial charge in [-0.1, -0.05) is 35.9 Å². The summed E-state index contributed by atoms with van der Waals surface area (Å²) in [4.78, 5) is 19.8. The largest absolute Gasteiger partial charge is 0.313 e. The number of thiazole rings is 1. The zero-order valence-electron chi connectivity index (χ0n) is 20.0. The second-order valence-corrected chi connectivity index (χ2v) is 13.2. The van der Waals surface area contributed by atoms with Gasteiger partial charge in [0.15, 0.2) is 0 Å². The van der Waals surface area contributed by atoms with Gasteiger partial charge in [-0.05, 0) is 79.8 Å². The topological polar surface area (TPSA) is 88.2 Å². The second-order valence-electron chi connectivity index (χ2n) is 8.96. The van der Waals surface area contributed by atoms with Crippen LogP contribution in [0.25, 0.3) is 20.8 Å². The summed E-state index contributed by atoms with van der Waals surface area (Å²) >= 11 is 9.12. The summed E-state index contributed by atoms with van der Waals surface area (Å²) in [6.07, 6.45) is 4.15. The number of hydrogen-bond donors (Lipinski definition) is 2.